The molecule has 2 heterocycles. The lowest BCUT2D eigenvalue weighted by atomic mass is 9.78. The van der Waals surface area contributed by atoms with Crippen molar-refractivity contribution < 1.29 is 14.0 Å². The van der Waals surface area contributed by atoms with Gasteiger partial charge in [0.05, 0.1) is 0 Å². The minimum absolute atomic E-state index is 0.0331. The number of urea groups is 1. The van der Waals surface area contributed by atoms with Crippen LogP contribution in [-0.2, 0) is 13.0 Å². The third-order valence-electron chi connectivity index (χ3n) is 5.57. The predicted octanol–water partition coefficient (Wildman–Crippen LogP) is 2.86. The van der Waals surface area contributed by atoms with Gasteiger partial charge in [-0.15, -0.1) is 0 Å². The summed E-state index contributed by atoms with van der Waals surface area (Å²) in [6, 6.07) is 13.9. The molecule has 1 spiro atoms. The summed E-state index contributed by atoms with van der Waals surface area (Å²) in [6.45, 7) is 1.29. The Labute approximate surface area is 157 Å². The first kappa shape index (κ1) is 17.5. The van der Waals surface area contributed by atoms with E-state index < -0.39 is 0 Å². The van der Waals surface area contributed by atoms with E-state index >= 15 is 0 Å². The summed E-state index contributed by atoms with van der Waals surface area (Å²) in [5, 5.41) is 5.95. The molecule has 0 aromatic heterocycles. The average molecular weight is 367 g/mol. The Morgan fingerprint density at radius 1 is 1.11 bits per heavy atom. The van der Waals surface area contributed by atoms with Gasteiger partial charge in [0, 0.05) is 36.3 Å². The van der Waals surface area contributed by atoms with Crippen molar-refractivity contribution in [3.8, 4) is 0 Å². The van der Waals surface area contributed by atoms with Gasteiger partial charge >= 0.3 is 6.03 Å². The molecule has 3 amide bonds. The summed E-state index contributed by atoms with van der Waals surface area (Å²) >= 11 is 0. The summed E-state index contributed by atoms with van der Waals surface area (Å²) in [5.74, 6) is -0.353. The van der Waals surface area contributed by atoms with Gasteiger partial charge < -0.3 is 15.5 Å². The van der Waals surface area contributed by atoms with Crippen LogP contribution in [0.4, 0.5) is 9.18 Å². The molecule has 5 nitrogen and oxygen atoms in total. The van der Waals surface area contributed by atoms with Crippen LogP contribution in [0.1, 0.15) is 34.3 Å². The number of fused-ring (bicyclic) bond motifs is 1. The second kappa shape index (κ2) is 7.02. The molecule has 0 radical (unpaired) electrons. The fourth-order valence-corrected chi connectivity index (χ4v) is 3.98. The normalized spacial score (nSPS) is 18.0. The van der Waals surface area contributed by atoms with Gasteiger partial charge in [0.25, 0.3) is 5.91 Å². The van der Waals surface area contributed by atoms with Crippen molar-refractivity contribution in [1.82, 2.24) is 15.5 Å². The Morgan fingerprint density at radius 2 is 1.81 bits per heavy atom. The first-order chi connectivity index (χ1) is 13.1. The maximum atomic E-state index is 13.7. The number of benzene rings is 2. The Kier molecular flexibility index (Phi) is 4.56. The number of nitrogens with zero attached hydrogens (tertiary/aromatic N) is 1. The highest BCUT2D eigenvalue weighted by Gasteiger charge is 2.41. The average Bonchev–Trinajstić information content (AvgIpc) is 2.68. The number of carbonyl (C=O) groups is 2. The van der Waals surface area contributed by atoms with Gasteiger partial charge in [-0.05, 0) is 37.0 Å². The Hall–Kier alpha value is -2.89. The molecule has 27 heavy (non-hydrogen) atoms. The third-order valence-corrected chi connectivity index (χ3v) is 5.57. The van der Waals surface area contributed by atoms with Crippen LogP contribution in [0, 0.1) is 5.82 Å². The van der Waals surface area contributed by atoms with Crippen LogP contribution in [0.5, 0.6) is 0 Å². The highest BCUT2D eigenvalue weighted by Crippen LogP contribution is 2.31. The zero-order chi connectivity index (χ0) is 18.9. The highest BCUT2D eigenvalue weighted by molar-refractivity contribution is 5.97. The quantitative estimate of drug-likeness (QED) is 0.857. The molecule has 6 heteroatoms. The van der Waals surface area contributed by atoms with Crippen LogP contribution in [0.15, 0.2) is 48.5 Å². The van der Waals surface area contributed by atoms with Crippen LogP contribution in [0.3, 0.4) is 0 Å². The van der Waals surface area contributed by atoms with E-state index in [0.29, 0.717) is 31.5 Å². The maximum Gasteiger partial charge on any atom is 0.317 e. The predicted molar refractivity (Wildman–Crippen MR) is 99.8 cm³/mol. The molecule has 2 aliphatic heterocycles. The van der Waals surface area contributed by atoms with Crippen LogP contribution < -0.4 is 10.6 Å². The van der Waals surface area contributed by atoms with Crippen LogP contribution in [0.25, 0.3) is 0 Å². The van der Waals surface area contributed by atoms with Gasteiger partial charge in [0.1, 0.15) is 5.82 Å². The van der Waals surface area contributed by atoms with E-state index in [1.807, 2.05) is 24.3 Å². The summed E-state index contributed by atoms with van der Waals surface area (Å²) in [5.41, 5.74) is 2.00. The van der Waals surface area contributed by atoms with Gasteiger partial charge in [-0.2, -0.15) is 0 Å². The Bertz CT molecular complexity index is 875. The van der Waals surface area contributed by atoms with E-state index in [4.69, 9.17) is 0 Å². The lowest BCUT2D eigenvalue weighted by molar-refractivity contribution is 0.0803. The zero-order valence-corrected chi connectivity index (χ0v) is 15.0. The topological polar surface area (TPSA) is 61.4 Å². The minimum atomic E-state index is -0.320. The van der Waals surface area contributed by atoms with Gasteiger partial charge in [-0.1, -0.05) is 36.4 Å². The third kappa shape index (κ3) is 3.52. The zero-order valence-electron chi connectivity index (χ0n) is 15.0. The van der Waals surface area contributed by atoms with Crippen LogP contribution in [0.2, 0.25) is 0 Å². The molecule has 0 saturated carbocycles. The molecule has 4 rings (SSSR count). The number of rotatable bonds is 2. The fourth-order valence-electron chi connectivity index (χ4n) is 3.98. The van der Waals surface area contributed by atoms with Crippen LogP contribution >= 0.6 is 0 Å². The van der Waals surface area contributed by atoms with Crippen molar-refractivity contribution in [3.05, 3.63) is 71.0 Å². The monoisotopic (exact) mass is 367 g/mol. The van der Waals surface area contributed by atoms with Crippen LogP contribution in [-0.4, -0.2) is 35.5 Å². The van der Waals surface area contributed by atoms with E-state index in [1.165, 1.54) is 6.07 Å². The lowest BCUT2D eigenvalue weighted by Crippen LogP contribution is -2.60. The van der Waals surface area contributed by atoms with E-state index in [9.17, 15) is 14.0 Å². The number of halogens is 1. The summed E-state index contributed by atoms with van der Waals surface area (Å²) in [6.07, 6.45) is 2.21. The number of hydrogen-bond donors (Lipinski definition) is 2. The van der Waals surface area contributed by atoms with Crippen molar-refractivity contribution in [2.24, 2.45) is 0 Å². The molecule has 0 aliphatic carbocycles. The minimum Gasteiger partial charge on any atom is -0.346 e. The van der Waals surface area contributed by atoms with Gasteiger partial charge in [-0.3, -0.25) is 4.79 Å². The van der Waals surface area contributed by atoms with E-state index in [-0.39, 0.29) is 29.8 Å². The van der Waals surface area contributed by atoms with Crippen molar-refractivity contribution in [2.75, 3.05) is 13.1 Å². The number of piperidine rings is 1. The second-order valence-corrected chi connectivity index (χ2v) is 7.31. The Morgan fingerprint density at radius 3 is 2.59 bits per heavy atom. The number of nitrogens with one attached hydrogen (secondary N) is 2. The van der Waals surface area contributed by atoms with E-state index in [2.05, 4.69) is 10.6 Å². The fraction of sp³-hybridized carbons (Fsp3) is 0.333. The molecular weight excluding hydrogens is 345 g/mol. The molecule has 2 aromatic carbocycles. The number of likely N-dealkylation sites (tertiary alicyclic amines) is 1. The molecule has 0 bridgehead atoms. The van der Waals surface area contributed by atoms with Gasteiger partial charge in [0.15, 0.2) is 0 Å². The SMILES string of the molecule is O=C1NC2(CCN(C(=O)NCc3ccccc3F)CC2)Cc2ccccc21. The molecule has 0 atom stereocenters. The Balaban J connectivity index is 1.36. The first-order valence-corrected chi connectivity index (χ1v) is 9.23. The molecule has 0 unspecified atom stereocenters. The van der Waals surface area contributed by atoms with E-state index in [0.717, 1.165) is 17.5 Å². The molecular formula is C21H22FN3O2. The van der Waals surface area contributed by atoms with Gasteiger partial charge in [0.2, 0.25) is 0 Å². The number of hydrogen-bond acceptors (Lipinski definition) is 2. The maximum absolute atomic E-state index is 13.7. The number of carbonyl (C=O) groups excluding carboxylic acids is 2. The van der Waals surface area contributed by atoms with Gasteiger partial charge in [-0.25, -0.2) is 9.18 Å². The van der Waals surface area contributed by atoms with Crippen molar-refractivity contribution in [1.29, 1.82) is 0 Å². The van der Waals surface area contributed by atoms with Crippen molar-refractivity contribution in [2.45, 2.75) is 31.3 Å². The molecule has 1 fully saturated rings. The standard InChI is InChI=1S/C21H22FN3O2/c22-18-8-4-2-6-16(18)14-23-20(27)25-11-9-21(10-12-25)13-15-5-1-3-7-17(15)19(26)24-21/h1-8H,9-14H2,(H,23,27)(H,24,26). The van der Waals surface area contributed by atoms with E-state index in [1.54, 1.807) is 23.1 Å². The number of amides is 3. The smallest absolute Gasteiger partial charge is 0.317 e. The summed E-state index contributed by atoms with van der Waals surface area (Å²) in [4.78, 5) is 26.6. The van der Waals surface area contributed by atoms with Crippen molar-refractivity contribution in [3.63, 3.8) is 0 Å². The highest BCUT2D eigenvalue weighted by atomic mass is 19.1. The summed E-state index contributed by atoms with van der Waals surface area (Å²) in [7, 11) is 0. The molecule has 2 aliphatic rings. The largest absolute Gasteiger partial charge is 0.346 e. The molecule has 2 aromatic rings. The summed E-state index contributed by atoms with van der Waals surface area (Å²) < 4.78 is 13.7. The second-order valence-electron chi connectivity index (χ2n) is 7.31. The first-order valence-electron chi connectivity index (χ1n) is 9.23. The lowest BCUT2D eigenvalue weighted by Gasteiger charge is -2.44. The molecule has 1 saturated heterocycles. The molecule has 2 N–H and O–H groups in total. The molecule has 140 valence electrons. The van der Waals surface area contributed by atoms with Crippen molar-refractivity contribution >= 4 is 11.9 Å².